The van der Waals surface area contributed by atoms with Gasteiger partial charge in [-0.2, -0.15) is 0 Å². The Morgan fingerprint density at radius 3 is 1.27 bits per heavy atom. The number of hydrogen-bond acceptors (Lipinski definition) is 7. The predicted octanol–water partition coefficient (Wildman–Crippen LogP) is 5.51. The number of nitrogens with one attached hydrogen (secondary N) is 6. The van der Waals surface area contributed by atoms with Gasteiger partial charge in [-0.15, -0.1) is 0 Å². The number of carbonyl (C=O) groups excluding carboxylic acids is 4. The number of para-hydroxylation sites is 4. The Morgan fingerprint density at radius 2 is 0.900 bits per heavy atom. The Labute approximate surface area is 350 Å². The van der Waals surface area contributed by atoms with Gasteiger partial charge in [-0.1, -0.05) is 113 Å². The van der Waals surface area contributed by atoms with E-state index in [2.05, 4.69) is 41.2 Å². The molecule has 0 spiro atoms. The maximum Gasteiger partial charge on any atom is 0.243 e. The molecule has 6 aromatic rings. The summed E-state index contributed by atoms with van der Waals surface area (Å²) in [4.78, 5) is 70.9. The molecule has 60 heavy (non-hydrogen) atoms. The van der Waals surface area contributed by atoms with Crippen LogP contribution in [0.3, 0.4) is 0 Å². The van der Waals surface area contributed by atoms with Gasteiger partial charge in [-0.05, 0) is 72.9 Å². The van der Waals surface area contributed by atoms with E-state index in [9.17, 15) is 24.3 Å². The van der Waals surface area contributed by atoms with Crippen LogP contribution in [0, 0.1) is 23.7 Å². The minimum atomic E-state index is -1.07. The Kier molecular flexibility index (Phi) is 14.8. The van der Waals surface area contributed by atoms with Crippen molar-refractivity contribution in [2.24, 2.45) is 23.7 Å². The molecule has 0 radical (unpaired) electrons. The lowest BCUT2D eigenvalue weighted by molar-refractivity contribution is -0.133. The second-order valence-electron chi connectivity index (χ2n) is 16.2. The van der Waals surface area contributed by atoms with Crippen LogP contribution in [0.15, 0.2) is 109 Å². The maximum atomic E-state index is 14.2. The standard InChI is InChI=1S/C47H56N8O5/c1-29(2)42(46(59)48-27-40-50-36-19-11-12-20-37(36)51-40)54-44(57)33(23-31-15-7-5-8-16-31)25-35(56)26-34(24-32-17-9-6-10-18-32)45(58)55-43(30(3)4)47(60)49-28-41-52-38-21-13-14-22-39(38)53-41/h5-22,29-30,33-35,42-43,56H,23-28H2,1-4H3,(H,48,59)(H,49,60)(H,50,51)(H,52,53)(H,54,57)(H,55,58)/t33-,34+,35?,42-,43-/m0/s1. The van der Waals surface area contributed by atoms with Crippen molar-refractivity contribution in [3.63, 3.8) is 0 Å². The number of benzene rings is 4. The molecule has 0 aliphatic carbocycles. The minimum absolute atomic E-state index is 0.0380. The number of carbonyl (C=O) groups is 4. The second-order valence-corrected chi connectivity index (χ2v) is 16.2. The molecule has 13 nitrogen and oxygen atoms in total. The van der Waals surface area contributed by atoms with Crippen molar-refractivity contribution in [2.75, 3.05) is 0 Å². The zero-order valence-electron chi connectivity index (χ0n) is 34.7. The van der Waals surface area contributed by atoms with E-state index in [0.29, 0.717) is 24.5 Å². The number of aromatic nitrogens is 4. The van der Waals surface area contributed by atoms with Crippen molar-refractivity contribution in [2.45, 2.75) is 84.7 Å². The van der Waals surface area contributed by atoms with E-state index in [1.165, 1.54) is 0 Å². The number of fused-ring (bicyclic) bond motifs is 2. The quantitative estimate of drug-likeness (QED) is 0.0528. The summed E-state index contributed by atoms with van der Waals surface area (Å²) in [6, 6.07) is 32.5. The first kappa shape index (κ1) is 43.2. The molecule has 7 N–H and O–H groups in total. The van der Waals surface area contributed by atoms with Gasteiger partial charge in [0.25, 0.3) is 0 Å². The number of nitrogens with zero attached hydrogens (tertiary/aromatic N) is 2. The zero-order chi connectivity index (χ0) is 42.6. The molecule has 0 saturated heterocycles. The van der Waals surface area contributed by atoms with E-state index in [-0.39, 0.29) is 61.4 Å². The summed E-state index contributed by atoms with van der Waals surface area (Å²) in [6.07, 6.45) is -0.369. The van der Waals surface area contributed by atoms with Gasteiger partial charge in [0.05, 0.1) is 41.3 Å². The lowest BCUT2D eigenvalue weighted by Crippen LogP contribution is -2.52. The zero-order valence-corrected chi connectivity index (χ0v) is 34.7. The first-order valence-electron chi connectivity index (χ1n) is 20.7. The monoisotopic (exact) mass is 812 g/mol. The third kappa shape index (κ3) is 11.9. The lowest BCUT2D eigenvalue weighted by atomic mass is 9.86. The highest BCUT2D eigenvalue weighted by Gasteiger charge is 2.33. The largest absolute Gasteiger partial charge is 0.393 e. The molecule has 314 valence electrons. The van der Waals surface area contributed by atoms with Crippen molar-refractivity contribution < 1.29 is 24.3 Å². The third-order valence-corrected chi connectivity index (χ3v) is 10.7. The number of hydrogen-bond donors (Lipinski definition) is 7. The normalized spacial score (nSPS) is 14.1. The molecular weight excluding hydrogens is 757 g/mol. The average Bonchev–Trinajstić information content (AvgIpc) is 3.87. The Balaban J connectivity index is 1.13. The first-order valence-corrected chi connectivity index (χ1v) is 20.7. The molecule has 1 unspecified atom stereocenters. The molecule has 0 saturated carbocycles. The Bertz CT molecular complexity index is 2110. The molecule has 0 bridgehead atoms. The molecule has 0 aliphatic heterocycles. The number of aromatic amines is 2. The molecule has 2 aromatic heterocycles. The average molecular weight is 813 g/mol. The SMILES string of the molecule is CC(C)[C@H](NC(=O)[C@H](Cc1ccccc1)CC(O)C[C@H](Cc1ccccc1)C(=O)N[C@H](C(=O)NCc1nc2ccccc2[nH]1)C(C)C)C(=O)NCc1nc2ccccc2[nH]1. The molecule has 5 atom stereocenters. The van der Waals surface area contributed by atoms with Crippen molar-refractivity contribution in [3.05, 3.63) is 132 Å². The fourth-order valence-electron chi connectivity index (χ4n) is 7.47. The van der Waals surface area contributed by atoms with Crippen molar-refractivity contribution >= 4 is 45.7 Å². The summed E-state index contributed by atoms with van der Waals surface area (Å²) >= 11 is 0. The second kappa shape index (κ2) is 20.6. The van der Waals surface area contributed by atoms with Crippen molar-refractivity contribution in [3.8, 4) is 0 Å². The molecule has 0 aliphatic rings. The van der Waals surface area contributed by atoms with Crippen molar-refractivity contribution in [1.82, 2.24) is 41.2 Å². The summed E-state index contributed by atoms with van der Waals surface area (Å²) in [5.74, 6) is -2.18. The smallest absolute Gasteiger partial charge is 0.243 e. The van der Waals surface area contributed by atoms with Gasteiger partial charge in [0.2, 0.25) is 23.6 Å². The number of aliphatic hydroxyl groups is 1. The van der Waals surface area contributed by atoms with Gasteiger partial charge >= 0.3 is 0 Å². The first-order chi connectivity index (χ1) is 28.9. The number of amides is 4. The summed E-state index contributed by atoms with van der Waals surface area (Å²) in [7, 11) is 0. The maximum absolute atomic E-state index is 14.2. The van der Waals surface area contributed by atoms with E-state index < -0.39 is 30.0 Å². The number of rotatable bonds is 20. The van der Waals surface area contributed by atoms with Crippen LogP contribution in [0.5, 0.6) is 0 Å². The van der Waals surface area contributed by atoms with Gasteiger partial charge < -0.3 is 36.3 Å². The minimum Gasteiger partial charge on any atom is -0.393 e. The third-order valence-electron chi connectivity index (χ3n) is 10.7. The summed E-state index contributed by atoms with van der Waals surface area (Å²) < 4.78 is 0. The van der Waals surface area contributed by atoms with Gasteiger partial charge in [0.15, 0.2) is 0 Å². The van der Waals surface area contributed by atoms with Gasteiger partial charge in [-0.3, -0.25) is 19.2 Å². The lowest BCUT2D eigenvalue weighted by Gasteiger charge is -2.28. The Morgan fingerprint density at radius 1 is 0.533 bits per heavy atom. The molecule has 13 heteroatoms. The number of imidazole rings is 2. The van der Waals surface area contributed by atoms with E-state index in [1.807, 2.05) is 137 Å². The Hall–Kier alpha value is -6.34. The molecule has 6 rings (SSSR count). The molecular formula is C47H56N8O5. The summed E-state index contributed by atoms with van der Waals surface area (Å²) in [5.41, 5.74) is 5.10. The van der Waals surface area contributed by atoms with Crippen LogP contribution >= 0.6 is 0 Å². The van der Waals surface area contributed by atoms with Gasteiger partial charge in [-0.25, -0.2) is 9.97 Å². The fraction of sp³-hybridized carbons (Fsp3) is 0.362. The van der Waals surface area contributed by atoms with E-state index in [1.54, 1.807) is 0 Å². The molecule has 2 heterocycles. The molecule has 0 fully saturated rings. The highest BCUT2D eigenvalue weighted by molar-refractivity contribution is 5.90. The number of aliphatic hydroxyl groups excluding tert-OH is 1. The van der Waals surface area contributed by atoms with E-state index in [4.69, 9.17) is 0 Å². The molecule has 4 aromatic carbocycles. The van der Waals surface area contributed by atoms with Crippen LogP contribution in [0.2, 0.25) is 0 Å². The van der Waals surface area contributed by atoms with Crippen LogP contribution in [-0.2, 0) is 45.1 Å². The summed E-state index contributed by atoms with van der Waals surface area (Å²) in [6.45, 7) is 7.77. The topological polar surface area (TPSA) is 194 Å². The highest BCUT2D eigenvalue weighted by atomic mass is 16.3. The van der Waals surface area contributed by atoms with Crippen LogP contribution < -0.4 is 21.3 Å². The van der Waals surface area contributed by atoms with Gasteiger partial charge in [0, 0.05) is 11.8 Å². The van der Waals surface area contributed by atoms with E-state index in [0.717, 1.165) is 33.2 Å². The van der Waals surface area contributed by atoms with Crippen LogP contribution in [0.25, 0.3) is 22.1 Å². The number of H-pyrrole nitrogens is 2. The highest BCUT2D eigenvalue weighted by Crippen LogP contribution is 2.23. The summed E-state index contributed by atoms with van der Waals surface area (Å²) in [5, 5.41) is 23.5. The van der Waals surface area contributed by atoms with Crippen molar-refractivity contribution in [1.29, 1.82) is 0 Å². The molecule has 4 amide bonds. The van der Waals surface area contributed by atoms with Crippen LogP contribution in [0.4, 0.5) is 0 Å². The van der Waals surface area contributed by atoms with Gasteiger partial charge in [0.1, 0.15) is 23.7 Å². The van der Waals surface area contributed by atoms with Crippen LogP contribution in [-0.4, -0.2) is 66.9 Å². The van der Waals surface area contributed by atoms with Crippen LogP contribution in [0.1, 0.15) is 63.3 Å². The predicted molar refractivity (Wildman–Crippen MR) is 232 cm³/mol. The fourth-order valence-corrected chi connectivity index (χ4v) is 7.47. The van der Waals surface area contributed by atoms with E-state index >= 15 is 0 Å².